The molecule has 0 saturated heterocycles. The van der Waals surface area contributed by atoms with Crippen molar-refractivity contribution in [1.82, 2.24) is 20.5 Å². The van der Waals surface area contributed by atoms with Gasteiger partial charge < -0.3 is 9.73 Å². The molecule has 2 saturated carbocycles. The zero-order valence-corrected chi connectivity index (χ0v) is 18.8. The molecule has 1 aromatic carbocycles. The lowest BCUT2D eigenvalue weighted by molar-refractivity contribution is -0.352. The van der Waals surface area contributed by atoms with Crippen LogP contribution in [0.1, 0.15) is 72.6 Å². The number of carbonyl (C=O) groups excluding carboxylic acids is 1. The fraction of sp³-hybridized carbons (Fsp3) is 0.478. The van der Waals surface area contributed by atoms with E-state index in [1.165, 1.54) is 0 Å². The van der Waals surface area contributed by atoms with Gasteiger partial charge >= 0.3 is 6.36 Å². The van der Waals surface area contributed by atoms with E-state index >= 15 is 0 Å². The molecule has 2 aliphatic rings. The molecule has 180 valence electrons. The maximum absolute atomic E-state index is 12.7. The highest BCUT2D eigenvalue weighted by atomic mass is 35.5. The van der Waals surface area contributed by atoms with E-state index in [1.54, 1.807) is 24.3 Å². The van der Waals surface area contributed by atoms with Gasteiger partial charge in [0.1, 0.15) is 5.69 Å². The number of alkyl halides is 3. The van der Waals surface area contributed by atoms with Crippen molar-refractivity contribution in [1.29, 1.82) is 0 Å². The highest BCUT2D eigenvalue weighted by Gasteiger charge is 2.42. The van der Waals surface area contributed by atoms with Crippen molar-refractivity contribution in [2.24, 2.45) is 0 Å². The summed E-state index contributed by atoms with van der Waals surface area (Å²) < 4.78 is 46.6. The molecule has 7 nitrogen and oxygen atoms in total. The second kappa shape index (κ2) is 9.14. The van der Waals surface area contributed by atoms with Crippen LogP contribution in [-0.2, 0) is 4.74 Å². The van der Waals surface area contributed by atoms with E-state index in [2.05, 4.69) is 25.2 Å². The number of rotatable bonds is 5. The number of fused-ring (bicyclic) bond motifs is 1. The number of hydrogen-bond donors (Lipinski definition) is 1. The Morgan fingerprint density at radius 2 is 1.74 bits per heavy atom. The van der Waals surface area contributed by atoms with Crippen molar-refractivity contribution in [3.63, 3.8) is 0 Å². The Labute approximate surface area is 198 Å². The molecular weight excluding hydrogens is 473 g/mol. The molecule has 34 heavy (non-hydrogen) atoms. The van der Waals surface area contributed by atoms with E-state index in [1.807, 2.05) is 6.07 Å². The van der Waals surface area contributed by atoms with Crippen LogP contribution in [0.4, 0.5) is 13.2 Å². The number of benzene rings is 1. The van der Waals surface area contributed by atoms with Crippen molar-refractivity contribution < 1.29 is 27.1 Å². The first kappa shape index (κ1) is 23.0. The van der Waals surface area contributed by atoms with Crippen molar-refractivity contribution in [2.75, 3.05) is 0 Å². The predicted octanol–water partition coefficient (Wildman–Crippen LogP) is 5.51. The molecule has 5 rings (SSSR count). The number of nitrogens with one attached hydrogen (secondary N) is 1. The summed E-state index contributed by atoms with van der Waals surface area (Å²) in [4.78, 5) is 17.1. The number of amides is 1. The number of ether oxygens (including phenoxy) is 1. The first-order chi connectivity index (χ1) is 16.2. The van der Waals surface area contributed by atoms with E-state index in [9.17, 15) is 18.0 Å². The number of aromatic nitrogens is 3. The van der Waals surface area contributed by atoms with Gasteiger partial charge in [-0.25, -0.2) is 4.98 Å². The van der Waals surface area contributed by atoms with Gasteiger partial charge in [0.2, 0.25) is 11.8 Å². The van der Waals surface area contributed by atoms with Crippen LogP contribution in [0.15, 0.2) is 34.7 Å². The Kier molecular flexibility index (Phi) is 6.20. The minimum absolute atomic E-state index is 0.0146. The molecule has 1 amide bonds. The molecule has 2 aromatic heterocycles. The molecule has 2 heterocycles. The molecule has 1 N–H and O–H groups in total. The first-order valence-electron chi connectivity index (χ1n) is 11.2. The van der Waals surface area contributed by atoms with Crippen molar-refractivity contribution in [2.45, 2.75) is 68.9 Å². The van der Waals surface area contributed by atoms with Crippen molar-refractivity contribution >= 4 is 28.4 Å². The van der Waals surface area contributed by atoms with Gasteiger partial charge in [-0.1, -0.05) is 17.7 Å². The lowest BCUT2D eigenvalue weighted by atomic mass is 9.82. The van der Waals surface area contributed by atoms with Gasteiger partial charge in [0.15, 0.2) is 0 Å². The Bertz CT molecular complexity index is 1190. The molecule has 11 heteroatoms. The van der Waals surface area contributed by atoms with Crippen molar-refractivity contribution in [3.05, 3.63) is 52.8 Å². The first-order valence-corrected chi connectivity index (χ1v) is 11.6. The van der Waals surface area contributed by atoms with Crippen LogP contribution >= 0.6 is 11.6 Å². The van der Waals surface area contributed by atoms with Crippen LogP contribution < -0.4 is 5.32 Å². The van der Waals surface area contributed by atoms with Gasteiger partial charge in [0, 0.05) is 28.3 Å². The van der Waals surface area contributed by atoms with Gasteiger partial charge in [-0.05, 0) is 62.8 Å². The molecule has 0 spiro atoms. The Morgan fingerprint density at radius 1 is 1.03 bits per heavy atom. The number of hydrogen-bond acceptors (Lipinski definition) is 6. The minimum Gasteiger partial charge on any atom is -0.425 e. The summed E-state index contributed by atoms with van der Waals surface area (Å²) in [7, 11) is 0. The summed E-state index contributed by atoms with van der Waals surface area (Å²) in [5.74, 6) is 0.530. The third-order valence-electron chi connectivity index (χ3n) is 6.50. The van der Waals surface area contributed by atoms with Gasteiger partial charge in [-0.2, -0.15) is 0 Å². The van der Waals surface area contributed by atoms with Crippen LogP contribution in [0, 0.1) is 0 Å². The van der Waals surface area contributed by atoms with Crippen molar-refractivity contribution in [3.8, 4) is 0 Å². The summed E-state index contributed by atoms with van der Waals surface area (Å²) in [5.41, 5.74) is 1.06. The lowest BCUT2D eigenvalue weighted by Gasteiger charge is -2.33. The minimum atomic E-state index is -4.62. The second-order valence-electron chi connectivity index (χ2n) is 8.89. The van der Waals surface area contributed by atoms with Crippen LogP contribution in [-0.4, -0.2) is 39.6 Å². The van der Waals surface area contributed by atoms with Gasteiger partial charge in [-0.3, -0.25) is 9.53 Å². The fourth-order valence-electron chi connectivity index (χ4n) is 4.60. The summed E-state index contributed by atoms with van der Waals surface area (Å²) in [5, 5.41) is 12.7. The Morgan fingerprint density at radius 3 is 2.44 bits per heavy atom. The van der Waals surface area contributed by atoms with Crippen LogP contribution in [0.2, 0.25) is 5.02 Å². The third-order valence-corrected chi connectivity index (χ3v) is 6.73. The molecule has 2 fully saturated rings. The smallest absolute Gasteiger partial charge is 0.425 e. The normalized spacial score (nSPS) is 25.2. The average molecular weight is 495 g/mol. The topological polar surface area (TPSA) is 90.1 Å². The van der Waals surface area contributed by atoms with Gasteiger partial charge in [-0.15, -0.1) is 23.4 Å². The zero-order valence-electron chi connectivity index (χ0n) is 18.0. The molecule has 0 radical (unpaired) electrons. The SMILES string of the molecule is O=C(NC1CCC(c2nnc(C3CC(OC(F)(F)F)C3)o2)CC1)c1ccc2cc(Cl)ccc2n1. The second-order valence-corrected chi connectivity index (χ2v) is 9.32. The monoisotopic (exact) mass is 494 g/mol. The van der Waals surface area contributed by atoms with E-state index < -0.39 is 12.5 Å². The van der Waals surface area contributed by atoms with E-state index in [0.717, 1.165) is 31.1 Å². The summed E-state index contributed by atoms with van der Waals surface area (Å²) >= 11 is 6.00. The number of halogens is 4. The van der Waals surface area contributed by atoms with Crippen LogP contribution in [0.3, 0.4) is 0 Å². The third kappa shape index (κ3) is 5.17. The quantitative estimate of drug-likeness (QED) is 0.503. The van der Waals surface area contributed by atoms with E-state index in [0.29, 0.717) is 28.0 Å². The van der Waals surface area contributed by atoms with Crippen LogP contribution in [0.25, 0.3) is 10.9 Å². The summed E-state index contributed by atoms with van der Waals surface area (Å²) in [6, 6.07) is 8.85. The highest BCUT2D eigenvalue weighted by Crippen LogP contribution is 2.42. The molecule has 3 aromatic rings. The van der Waals surface area contributed by atoms with E-state index in [-0.39, 0.29) is 36.6 Å². The maximum atomic E-state index is 12.7. The van der Waals surface area contributed by atoms with Gasteiger partial charge in [0.05, 0.1) is 11.6 Å². The Hall–Kier alpha value is -2.72. The standard InChI is InChI=1S/C23H22ClF3N4O3/c24-15-4-8-18-13(9-15)3-7-19(29-18)20(32)28-16-5-1-12(2-6-16)21-30-31-22(33-21)14-10-17(11-14)34-23(25,26)27/h3-4,7-9,12,14,16-17H,1-2,5-6,10-11H2,(H,28,32). The molecule has 0 bridgehead atoms. The molecule has 2 aliphatic carbocycles. The summed E-state index contributed by atoms with van der Waals surface area (Å²) in [6.45, 7) is 0. The van der Waals surface area contributed by atoms with E-state index in [4.69, 9.17) is 16.0 Å². The fourth-order valence-corrected chi connectivity index (χ4v) is 4.78. The maximum Gasteiger partial charge on any atom is 0.522 e. The summed E-state index contributed by atoms with van der Waals surface area (Å²) in [6.07, 6.45) is -2.01. The predicted molar refractivity (Wildman–Crippen MR) is 116 cm³/mol. The molecular formula is C23H22ClF3N4O3. The zero-order chi connectivity index (χ0) is 23.9. The number of pyridine rings is 1. The van der Waals surface area contributed by atoms with Crippen LogP contribution in [0.5, 0.6) is 0 Å². The Balaban J connectivity index is 1.12. The largest absolute Gasteiger partial charge is 0.522 e. The molecule has 0 atom stereocenters. The number of carbonyl (C=O) groups is 1. The lowest BCUT2D eigenvalue weighted by Crippen LogP contribution is -2.37. The van der Waals surface area contributed by atoms with Gasteiger partial charge in [0.25, 0.3) is 5.91 Å². The molecule has 0 aliphatic heterocycles. The molecule has 0 unspecified atom stereocenters. The average Bonchev–Trinajstić information content (AvgIpc) is 3.25. The highest BCUT2D eigenvalue weighted by molar-refractivity contribution is 6.31. The number of nitrogens with zero attached hydrogens (tertiary/aromatic N) is 3.